The summed E-state index contributed by atoms with van der Waals surface area (Å²) in [5.74, 6) is 0.0689. The number of anilines is 1. The van der Waals surface area contributed by atoms with Crippen LogP contribution in [-0.4, -0.2) is 28.1 Å². The van der Waals surface area contributed by atoms with Crippen molar-refractivity contribution in [1.29, 1.82) is 0 Å². The van der Waals surface area contributed by atoms with E-state index in [1.54, 1.807) is 12.1 Å². The highest BCUT2D eigenvalue weighted by molar-refractivity contribution is 8.00. The maximum atomic E-state index is 10.9. The van der Waals surface area contributed by atoms with Crippen molar-refractivity contribution in [1.82, 2.24) is 0 Å². The maximum absolute atomic E-state index is 10.9. The van der Waals surface area contributed by atoms with Crippen LogP contribution in [0.25, 0.3) is 0 Å². The number of rotatable bonds is 3. The SMILES string of the molecule is CC1CC(Nc2ccc(Cl)c(C(=O)O)c2)CS1. The molecule has 1 aliphatic heterocycles. The highest BCUT2D eigenvalue weighted by atomic mass is 35.5. The smallest absolute Gasteiger partial charge is 0.337 e. The fourth-order valence-electron chi connectivity index (χ4n) is 1.93. The van der Waals surface area contributed by atoms with E-state index in [2.05, 4.69) is 12.2 Å². The molecule has 5 heteroatoms. The molecule has 1 saturated heterocycles. The van der Waals surface area contributed by atoms with E-state index >= 15 is 0 Å². The third-order valence-electron chi connectivity index (χ3n) is 2.77. The third kappa shape index (κ3) is 3.07. The Hall–Kier alpha value is -0.870. The number of thioether (sulfide) groups is 1. The fourth-order valence-corrected chi connectivity index (χ4v) is 3.28. The summed E-state index contributed by atoms with van der Waals surface area (Å²) in [7, 11) is 0. The minimum absolute atomic E-state index is 0.148. The van der Waals surface area contributed by atoms with Crippen LogP contribution in [-0.2, 0) is 0 Å². The molecular weight excluding hydrogens is 258 g/mol. The van der Waals surface area contributed by atoms with Gasteiger partial charge in [-0.05, 0) is 24.6 Å². The van der Waals surface area contributed by atoms with Gasteiger partial charge in [-0.2, -0.15) is 11.8 Å². The molecule has 2 atom stereocenters. The minimum atomic E-state index is -0.993. The van der Waals surface area contributed by atoms with E-state index < -0.39 is 5.97 Å². The number of carboxylic acid groups (broad SMARTS) is 1. The van der Waals surface area contributed by atoms with E-state index in [-0.39, 0.29) is 10.6 Å². The average Bonchev–Trinajstić information content (AvgIpc) is 2.66. The summed E-state index contributed by atoms with van der Waals surface area (Å²) in [6, 6.07) is 5.46. The molecule has 0 aliphatic carbocycles. The predicted octanol–water partition coefficient (Wildman–Crippen LogP) is 3.34. The zero-order chi connectivity index (χ0) is 12.4. The minimum Gasteiger partial charge on any atom is -0.478 e. The number of carbonyl (C=O) groups is 1. The molecule has 2 N–H and O–H groups in total. The number of carboxylic acids is 1. The van der Waals surface area contributed by atoms with Crippen LogP contribution in [0.1, 0.15) is 23.7 Å². The Bertz CT molecular complexity index is 439. The van der Waals surface area contributed by atoms with Crippen molar-refractivity contribution in [3.63, 3.8) is 0 Å². The molecule has 1 aromatic rings. The van der Waals surface area contributed by atoms with Crippen LogP contribution in [0.2, 0.25) is 5.02 Å². The Labute approximate surface area is 110 Å². The molecule has 1 aromatic carbocycles. The van der Waals surface area contributed by atoms with Gasteiger partial charge in [0.25, 0.3) is 0 Å². The number of nitrogens with one attached hydrogen (secondary N) is 1. The van der Waals surface area contributed by atoms with Gasteiger partial charge in [0, 0.05) is 22.7 Å². The van der Waals surface area contributed by atoms with Crippen LogP contribution in [0.5, 0.6) is 0 Å². The van der Waals surface area contributed by atoms with E-state index in [4.69, 9.17) is 16.7 Å². The van der Waals surface area contributed by atoms with E-state index in [0.29, 0.717) is 11.3 Å². The first-order valence-electron chi connectivity index (χ1n) is 5.47. The quantitative estimate of drug-likeness (QED) is 0.885. The van der Waals surface area contributed by atoms with Gasteiger partial charge in [-0.3, -0.25) is 0 Å². The fraction of sp³-hybridized carbons (Fsp3) is 0.417. The Morgan fingerprint density at radius 1 is 1.59 bits per heavy atom. The summed E-state index contributed by atoms with van der Waals surface area (Å²) in [6.45, 7) is 2.21. The predicted molar refractivity (Wildman–Crippen MR) is 72.4 cm³/mol. The van der Waals surface area contributed by atoms with Crippen LogP contribution in [0.3, 0.4) is 0 Å². The van der Waals surface area contributed by atoms with Crippen molar-refractivity contribution >= 4 is 35.0 Å². The van der Waals surface area contributed by atoms with Crippen molar-refractivity contribution in [2.75, 3.05) is 11.1 Å². The second kappa shape index (κ2) is 5.19. The highest BCUT2D eigenvalue weighted by Gasteiger charge is 2.21. The van der Waals surface area contributed by atoms with Gasteiger partial charge in [0.15, 0.2) is 0 Å². The number of benzene rings is 1. The molecule has 1 heterocycles. The molecule has 0 aromatic heterocycles. The van der Waals surface area contributed by atoms with E-state index in [0.717, 1.165) is 17.9 Å². The Morgan fingerprint density at radius 3 is 2.94 bits per heavy atom. The molecule has 2 unspecified atom stereocenters. The molecule has 0 spiro atoms. The van der Waals surface area contributed by atoms with Crippen molar-refractivity contribution in [3.8, 4) is 0 Å². The zero-order valence-corrected chi connectivity index (χ0v) is 11.0. The van der Waals surface area contributed by atoms with Crippen molar-refractivity contribution in [2.24, 2.45) is 0 Å². The topological polar surface area (TPSA) is 49.3 Å². The molecule has 2 rings (SSSR count). The van der Waals surface area contributed by atoms with Crippen LogP contribution >= 0.6 is 23.4 Å². The molecule has 0 bridgehead atoms. The summed E-state index contributed by atoms with van der Waals surface area (Å²) in [6.07, 6.45) is 1.11. The summed E-state index contributed by atoms with van der Waals surface area (Å²) >= 11 is 7.75. The van der Waals surface area contributed by atoms with Gasteiger partial charge in [0.2, 0.25) is 0 Å². The number of aromatic carboxylic acids is 1. The Balaban J connectivity index is 2.11. The first kappa shape index (κ1) is 12.6. The Kier molecular flexibility index (Phi) is 3.84. The lowest BCUT2D eigenvalue weighted by molar-refractivity contribution is 0.0697. The molecule has 1 aliphatic rings. The molecule has 0 saturated carbocycles. The number of halogens is 1. The van der Waals surface area contributed by atoms with Crippen molar-refractivity contribution in [3.05, 3.63) is 28.8 Å². The molecule has 92 valence electrons. The highest BCUT2D eigenvalue weighted by Crippen LogP contribution is 2.29. The van der Waals surface area contributed by atoms with Crippen LogP contribution < -0.4 is 5.32 Å². The zero-order valence-electron chi connectivity index (χ0n) is 9.44. The molecule has 0 amide bonds. The number of hydrogen-bond acceptors (Lipinski definition) is 3. The lowest BCUT2D eigenvalue weighted by atomic mass is 10.1. The van der Waals surface area contributed by atoms with Crippen LogP contribution in [0, 0.1) is 0 Å². The molecule has 3 nitrogen and oxygen atoms in total. The number of hydrogen-bond donors (Lipinski definition) is 2. The Morgan fingerprint density at radius 2 is 2.35 bits per heavy atom. The molecule has 1 fully saturated rings. The van der Waals surface area contributed by atoms with Gasteiger partial charge in [-0.25, -0.2) is 4.79 Å². The second-order valence-corrected chi connectivity index (χ2v) is 6.10. The van der Waals surface area contributed by atoms with Gasteiger partial charge in [-0.1, -0.05) is 18.5 Å². The second-order valence-electron chi connectivity index (χ2n) is 4.22. The van der Waals surface area contributed by atoms with Crippen molar-refractivity contribution < 1.29 is 9.90 Å². The molecule has 0 radical (unpaired) electrons. The third-order valence-corrected chi connectivity index (χ3v) is 4.45. The lowest BCUT2D eigenvalue weighted by Gasteiger charge is -2.14. The van der Waals surface area contributed by atoms with Gasteiger partial charge >= 0.3 is 5.97 Å². The summed E-state index contributed by atoms with van der Waals surface area (Å²) in [5.41, 5.74) is 0.974. The van der Waals surface area contributed by atoms with E-state index in [1.165, 1.54) is 0 Å². The summed E-state index contributed by atoms with van der Waals surface area (Å²) in [4.78, 5) is 10.9. The monoisotopic (exact) mass is 271 g/mol. The molecular formula is C12H14ClNO2S. The van der Waals surface area contributed by atoms with Gasteiger partial charge in [-0.15, -0.1) is 0 Å². The van der Waals surface area contributed by atoms with E-state index in [9.17, 15) is 4.79 Å². The van der Waals surface area contributed by atoms with Crippen molar-refractivity contribution in [2.45, 2.75) is 24.6 Å². The maximum Gasteiger partial charge on any atom is 0.337 e. The van der Waals surface area contributed by atoms with Crippen LogP contribution in [0.15, 0.2) is 18.2 Å². The average molecular weight is 272 g/mol. The van der Waals surface area contributed by atoms with E-state index in [1.807, 2.05) is 17.8 Å². The van der Waals surface area contributed by atoms with Gasteiger partial charge in [0.1, 0.15) is 0 Å². The first-order valence-corrected chi connectivity index (χ1v) is 6.90. The normalized spacial score (nSPS) is 23.6. The van der Waals surface area contributed by atoms with Gasteiger partial charge < -0.3 is 10.4 Å². The molecule has 17 heavy (non-hydrogen) atoms. The van der Waals surface area contributed by atoms with Gasteiger partial charge in [0.05, 0.1) is 10.6 Å². The standard InChI is InChI=1S/C12H14ClNO2S/c1-7-4-9(6-17-7)14-8-2-3-11(13)10(5-8)12(15)16/h2-3,5,7,9,14H,4,6H2,1H3,(H,15,16). The first-order chi connectivity index (χ1) is 8.06. The lowest BCUT2D eigenvalue weighted by Crippen LogP contribution is -2.19. The summed E-state index contributed by atoms with van der Waals surface area (Å²) in [5, 5.41) is 13.3. The van der Waals surface area contributed by atoms with Crippen LogP contribution in [0.4, 0.5) is 5.69 Å². The summed E-state index contributed by atoms with van der Waals surface area (Å²) < 4.78 is 0. The largest absolute Gasteiger partial charge is 0.478 e.